The lowest BCUT2D eigenvalue weighted by Crippen LogP contribution is -2.65. The van der Waals surface area contributed by atoms with Crippen LogP contribution in [0.1, 0.15) is 119 Å². The van der Waals surface area contributed by atoms with E-state index in [9.17, 15) is 58.5 Å². The number of carbonyl (C=O) groups excluding carboxylic acids is 12. The van der Waals surface area contributed by atoms with Crippen LogP contribution >= 0.6 is 0 Å². The zero-order valence-electron chi connectivity index (χ0n) is 58.0. The number of hydrogen-bond donors (Lipinski definition) is 17. The molecule has 0 bridgehead atoms. The van der Waals surface area contributed by atoms with Gasteiger partial charge in [-0.15, -0.1) is 0 Å². The molecule has 12 amide bonds. The quantitative estimate of drug-likeness (QED) is 0.0257. The van der Waals surface area contributed by atoms with Crippen molar-refractivity contribution in [1.82, 2.24) is 68.8 Å². The molecule has 33 heteroatoms. The summed E-state index contributed by atoms with van der Waals surface area (Å²) >= 11 is 0. The monoisotopic (exact) mass is 1380 g/mol. The summed E-state index contributed by atoms with van der Waals surface area (Å²) in [5.74, 6) is -13.7. The molecule has 0 saturated carbocycles. The zero-order chi connectivity index (χ0) is 73.2. The molecule has 3 rings (SSSR count). The third kappa shape index (κ3) is 28.4. The van der Waals surface area contributed by atoms with E-state index >= 15 is 14.4 Å². The summed E-state index contributed by atoms with van der Waals surface area (Å²) in [5.41, 5.74) is 10.7. The van der Waals surface area contributed by atoms with Gasteiger partial charge in [0.2, 0.25) is 65.0 Å². The largest absolute Gasteiger partial charge is 0.444 e. The minimum atomic E-state index is -2.25. The zero-order valence-corrected chi connectivity index (χ0v) is 59.0. The van der Waals surface area contributed by atoms with E-state index in [1.807, 2.05) is 19.6 Å². The molecule has 1 aliphatic rings. The Kier molecular flexibility index (Phi) is 33.0. The smallest absolute Gasteiger partial charge is 0.408 e. The van der Waals surface area contributed by atoms with Gasteiger partial charge in [0.05, 0.1) is 31.4 Å². The third-order valence-electron chi connectivity index (χ3n) is 15.4. The number of rotatable bonds is 22. The first-order valence-corrected chi connectivity index (χ1v) is 36.2. The first kappa shape index (κ1) is 82.4. The van der Waals surface area contributed by atoms with Crippen molar-refractivity contribution >= 4 is 85.1 Å². The molecule has 0 aliphatic carbocycles. The van der Waals surface area contributed by atoms with E-state index in [0.717, 1.165) is 0 Å². The van der Waals surface area contributed by atoms with Gasteiger partial charge in [-0.2, -0.15) is 0 Å². The van der Waals surface area contributed by atoms with Crippen molar-refractivity contribution < 1.29 is 77.6 Å². The highest BCUT2D eigenvalue weighted by Crippen LogP contribution is 2.22. The number of hydrogen-bond acceptors (Lipinski definition) is 18. The number of aliphatic hydroxyl groups excluding tert-OH is 3. The predicted molar refractivity (Wildman–Crippen MR) is 361 cm³/mol. The molecule has 97 heavy (non-hydrogen) atoms. The molecule has 0 radical (unpaired) electrons. The Labute approximate surface area is 567 Å². The molecule has 19 N–H and O–H groups in total. The van der Waals surface area contributed by atoms with E-state index in [-0.39, 0.29) is 62.1 Å². The highest BCUT2D eigenvalue weighted by atomic mass is 28.3. The number of guanidine groups is 1. The van der Waals surface area contributed by atoms with Gasteiger partial charge in [0, 0.05) is 33.4 Å². The van der Waals surface area contributed by atoms with Crippen molar-refractivity contribution in [1.29, 1.82) is 0 Å². The summed E-state index contributed by atoms with van der Waals surface area (Å²) in [7, 11) is -2.25. The predicted octanol–water partition coefficient (Wildman–Crippen LogP) is -2.24. The Morgan fingerprint density at radius 1 is 0.701 bits per heavy atom. The number of carbonyl (C=O) groups is 12. The molecule has 1 aromatic carbocycles. The molecule has 540 valence electrons. The average molecular weight is 1380 g/mol. The van der Waals surface area contributed by atoms with Crippen LogP contribution in [0.15, 0.2) is 59.9 Å². The van der Waals surface area contributed by atoms with Crippen molar-refractivity contribution in [3.8, 4) is 0 Å². The maximum absolute atomic E-state index is 15.7. The number of nitrogens with zero attached hydrogens (tertiary/aromatic N) is 2. The average Bonchev–Trinajstić information content (AvgIpc) is 0.816. The van der Waals surface area contributed by atoms with Gasteiger partial charge >= 0.3 is 6.09 Å². The Morgan fingerprint density at radius 3 is 1.85 bits per heavy atom. The number of alkyl carbamates (subject to hydrolysis) is 1. The van der Waals surface area contributed by atoms with Crippen LogP contribution in [-0.2, 0) is 63.9 Å². The van der Waals surface area contributed by atoms with Gasteiger partial charge in [-0.05, 0) is 94.9 Å². The fourth-order valence-electron chi connectivity index (χ4n) is 10.0. The lowest BCUT2D eigenvalue weighted by atomic mass is 9.94. The van der Waals surface area contributed by atoms with Crippen molar-refractivity contribution in [2.24, 2.45) is 34.2 Å². The summed E-state index contributed by atoms with van der Waals surface area (Å²) < 4.78 is 5.51. The van der Waals surface area contributed by atoms with E-state index in [2.05, 4.69) is 73.8 Å². The van der Waals surface area contributed by atoms with Gasteiger partial charge in [0.15, 0.2) is 5.96 Å². The van der Waals surface area contributed by atoms with Crippen LogP contribution in [0, 0.1) is 17.8 Å². The van der Waals surface area contributed by atoms with Crippen molar-refractivity contribution in [3.63, 3.8) is 0 Å². The molecule has 32 nitrogen and oxygen atoms in total. The summed E-state index contributed by atoms with van der Waals surface area (Å²) in [5, 5.41) is 64.1. The van der Waals surface area contributed by atoms with Crippen LogP contribution in [0.25, 0.3) is 0 Å². The fourth-order valence-corrected chi connectivity index (χ4v) is 11.5. The van der Waals surface area contributed by atoms with Crippen LogP contribution in [0.5, 0.6) is 0 Å². The summed E-state index contributed by atoms with van der Waals surface area (Å²) in [4.78, 5) is 181. The van der Waals surface area contributed by atoms with E-state index in [1.54, 1.807) is 66.7 Å². The second-order valence-electron chi connectivity index (χ2n) is 27.2. The number of pyridine rings is 1. The summed E-state index contributed by atoms with van der Waals surface area (Å²) in [6.45, 7) is 20.9. The van der Waals surface area contributed by atoms with E-state index in [0.29, 0.717) is 5.56 Å². The molecular formula is C64H104N16O16Si. The Hall–Kier alpha value is -8.82. The van der Waals surface area contributed by atoms with Gasteiger partial charge < -0.3 is 95.3 Å². The number of nitrogens with two attached hydrogens (primary N) is 2. The number of ether oxygens (including phenoxy) is 1. The number of aliphatic hydroxyl groups is 3. The third-order valence-corrected chi connectivity index (χ3v) is 17.0. The molecule has 14 atom stereocenters. The van der Waals surface area contributed by atoms with Gasteiger partial charge in [-0.25, -0.2) is 4.79 Å². The normalized spacial score (nSPS) is 23.6. The topological polar surface area (TPSA) is 496 Å². The first-order chi connectivity index (χ1) is 45.2. The van der Waals surface area contributed by atoms with Gasteiger partial charge in [0.25, 0.3) is 0 Å². The lowest BCUT2D eigenvalue weighted by Gasteiger charge is -2.34. The van der Waals surface area contributed by atoms with E-state index in [4.69, 9.17) is 16.2 Å². The van der Waals surface area contributed by atoms with Gasteiger partial charge in [0.1, 0.15) is 66.0 Å². The second kappa shape index (κ2) is 38.8. The van der Waals surface area contributed by atoms with E-state index in [1.165, 1.54) is 64.4 Å². The van der Waals surface area contributed by atoms with Crippen LogP contribution in [-0.4, -0.2) is 203 Å². The van der Waals surface area contributed by atoms with Crippen molar-refractivity contribution in [2.45, 2.75) is 218 Å². The molecule has 2 heterocycles. The molecule has 1 aliphatic heterocycles. The Balaban J connectivity index is 2.42. The molecule has 0 spiro atoms. The van der Waals surface area contributed by atoms with Crippen LogP contribution in [0.3, 0.4) is 0 Å². The first-order valence-electron chi connectivity index (χ1n) is 32.5. The van der Waals surface area contributed by atoms with Gasteiger partial charge in [-0.3, -0.25) is 62.7 Å². The van der Waals surface area contributed by atoms with Gasteiger partial charge in [-0.1, -0.05) is 104 Å². The molecule has 1 saturated heterocycles. The maximum Gasteiger partial charge on any atom is 0.408 e. The summed E-state index contributed by atoms with van der Waals surface area (Å²) in [6, 6.07) is -7.53. The van der Waals surface area contributed by atoms with Crippen LogP contribution < -0.4 is 75.3 Å². The number of aliphatic imine (C=N–C) groups is 1. The lowest BCUT2D eigenvalue weighted by molar-refractivity contribution is -0.139. The van der Waals surface area contributed by atoms with Crippen molar-refractivity contribution in [2.75, 3.05) is 19.7 Å². The second-order valence-corrected chi connectivity index (χ2v) is 32.8. The number of amides is 12. The SMILES string of the molecule is CC[C@H](C)[C@@H]1NC(=O)[C@@H](CCCN=C(N)N)NC(=O)[C@H](CC(C)C)NC(=O)[C@H]([C@H](O)C(C)C)NC(=O)[C@@H](NC(=O)[C@H](Cc2cccnc2)NC(=O)[C@@H](C[Si](C)(C)C)NC(=O)OC(C)(C)C)[C@@H](c2ccccc2)NC(=O)C(CO)NC(=O)[C@H](C)NC(=O)CNC(=O)[C@H]([C@H](C)O)NC1=O. The Morgan fingerprint density at radius 2 is 1.29 bits per heavy atom. The van der Waals surface area contributed by atoms with E-state index < -0.39 is 188 Å². The highest BCUT2D eigenvalue weighted by molar-refractivity contribution is 6.76. The highest BCUT2D eigenvalue weighted by Gasteiger charge is 2.43. The molecule has 1 aromatic heterocycles. The Bertz CT molecular complexity index is 3040. The maximum atomic E-state index is 15.7. The number of benzene rings is 1. The van der Waals surface area contributed by atoms with Crippen LogP contribution in [0.4, 0.5) is 4.79 Å². The number of nitrogens with one attached hydrogen (secondary N) is 12. The number of aromatic nitrogens is 1. The molecular weight excluding hydrogens is 1280 g/mol. The fraction of sp³-hybridized carbons (Fsp3) is 0.625. The van der Waals surface area contributed by atoms with Crippen molar-refractivity contribution in [3.05, 3.63) is 66.0 Å². The minimum absolute atomic E-state index is 0.0300. The van der Waals surface area contributed by atoms with Crippen LogP contribution in [0.2, 0.25) is 25.7 Å². The minimum Gasteiger partial charge on any atom is -0.444 e. The molecule has 1 unspecified atom stereocenters. The molecule has 2 aromatic rings. The standard InChI is InChI=1S/C64H104N16O16Si/c1-15-35(6)46-59(92)77-47(37(8)82)58(91)69-30-45(83)70-36(7)52(85)74-43(31-81)56(89)78-48(39-22-17-16-18-23-39)49(79-55(88)42(28-38-21-19-25-67-29-38)72-57(90)44(32-97(12,13)14)75-63(95)96-64(9,10)11)60(93)80-50(51(84)34(4)5)61(94)73-41(27-33(2)3)54(87)71-40(53(86)76-46)24-20-26-68-62(65)66/h16-19,21-23,25,29,33-37,40-44,46-51,81-82,84H,15,20,24,26-28,30-32H2,1-14H3,(H,69,91)(H,70,83)(H,71,87)(H,72,90)(H,73,94)(H,74,85)(H,75,95)(H,76,86)(H,77,92)(H,78,89)(H,79,88)(H,80,93)(H4,65,66,68)/t35-,36-,37-,40+,41-,42-,43?,44+,46-,47-,48+,49-,50-,51+/m0/s1. The molecule has 1 fully saturated rings. The summed E-state index contributed by atoms with van der Waals surface area (Å²) in [6.07, 6.45) is -1.70.